The number of halogens is 1. The molecule has 3 aromatic rings. The molecule has 0 saturated carbocycles. The Balaban J connectivity index is 1.37. The van der Waals surface area contributed by atoms with E-state index in [0.29, 0.717) is 47.9 Å². The molecule has 0 spiro atoms. The zero-order valence-corrected chi connectivity index (χ0v) is 15.9. The van der Waals surface area contributed by atoms with E-state index in [0.717, 1.165) is 17.5 Å². The van der Waals surface area contributed by atoms with Crippen LogP contribution in [0.3, 0.4) is 0 Å². The Labute approximate surface area is 167 Å². The van der Waals surface area contributed by atoms with Gasteiger partial charge in [0.2, 0.25) is 11.8 Å². The number of nitrogens with zero attached hydrogens (tertiary/aromatic N) is 1. The summed E-state index contributed by atoms with van der Waals surface area (Å²) in [5.41, 5.74) is 2.29. The number of benzene rings is 2. The summed E-state index contributed by atoms with van der Waals surface area (Å²) in [6.07, 6.45) is 2.45. The monoisotopic (exact) mass is 398 g/mol. The molecule has 0 saturated heterocycles. The smallest absolute Gasteiger partial charge is 0.226 e. The molecule has 0 radical (unpaired) electrons. The van der Waals surface area contributed by atoms with E-state index in [2.05, 4.69) is 10.3 Å². The van der Waals surface area contributed by atoms with Crippen LogP contribution in [0.15, 0.2) is 53.1 Å². The Morgan fingerprint density at radius 3 is 2.82 bits per heavy atom. The molecule has 1 N–H and O–H groups in total. The molecule has 0 atom stereocenters. The lowest BCUT2D eigenvalue weighted by molar-refractivity contribution is -0.120. The quantitative estimate of drug-likeness (QED) is 0.702. The average Bonchev–Trinajstić information content (AvgIpc) is 3.03. The number of hydrogen-bond acceptors (Lipinski definition) is 5. The molecule has 1 amide bonds. The zero-order chi connectivity index (χ0) is 19.3. The van der Waals surface area contributed by atoms with Crippen LogP contribution in [0.2, 0.25) is 5.02 Å². The first-order chi connectivity index (χ1) is 13.7. The van der Waals surface area contributed by atoms with Gasteiger partial charge in [-0.2, -0.15) is 0 Å². The van der Waals surface area contributed by atoms with Crippen molar-refractivity contribution < 1.29 is 18.7 Å². The predicted octanol–water partition coefficient (Wildman–Crippen LogP) is 4.02. The van der Waals surface area contributed by atoms with Gasteiger partial charge >= 0.3 is 0 Å². The Morgan fingerprint density at radius 1 is 1.14 bits per heavy atom. The molecule has 1 aromatic heterocycles. The number of carbonyl (C=O) groups excluding carboxylic acids is 1. The number of aromatic nitrogens is 1. The molecule has 1 aliphatic rings. The minimum atomic E-state index is -0.156. The van der Waals surface area contributed by atoms with E-state index in [4.69, 9.17) is 25.5 Å². The second-order valence-electron chi connectivity index (χ2n) is 6.42. The Bertz CT molecular complexity index is 972. The average molecular weight is 399 g/mol. The first kappa shape index (κ1) is 18.4. The van der Waals surface area contributed by atoms with Crippen molar-refractivity contribution in [2.45, 2.75) is 19.4 Å². The Kier molecular flexibility index (Phi) is 5.48. The molecule has 144 valence electrons. The first-order valence-corrected chi connectivity index (χ1v) is 9.41. The number of ether oxygens (including phenoxy) is 2. The molecule has 0 aliphatic carbocycles. The summed E-state index contributed by atoms with van der Waals surface area (Å²) in [5.74, 6) is 1.51. The fraction of sp³-hybridized carbons (Fsp3) is 0.238. The van der Waals surface area contributed by atoms with Crippen molar-refractivity contribution in [1.82, 2.24) is 10.3 Å². The lowest BCUT2D eigenvalue weighted by atomic mass is 10.2. The van der Waals surface area contributed by atoms with Crippen LogP contribution in [-0.4, -0.2) is 24.1 Å². The highest BCUT2D eigenvalue weighted by molar-refractivity contribution is 6.32. The second-order valence-corrected chi connectivity index (χ2v) is 6.83. The van der Waals surface area contributed by atoms with Crippen LogP contribution in [0.25, 0.3) is 11.5 Å². The maximum Gasteiger partial charge on any atom is 0.226 e. The number of rotatable bonds is 5. The minimum Gasteiger partial charge on any atom is -0.489 e. The lowest BCUT2D eigenvalue weighted by Crippen LogP contribution is -2.24. The van der Waals surface area contributed by atoms with Crippen molar-refractivity contribution in [3.05, 3.63) is 65.0 Å². The summed E-state index contributed by atoms with van der Waals surface area (Å²) in [5, 5.41) is 3.35. The third-order valence-electron chi connectivity index (χ3n) is 4.27. The van der Waals surface area contributed by atoms with E-state index >= 15 is 0 Å². The third-order valence-corrected chi connectivity index (χ3v) is 4.55. The van der Waals surface area contributed by atoms with Gasteiger partial charge in [0.25, 0.3) is 0 Å². The summed E-state index contributed by atoms with van der Waals surface area (Å²) in [4.78, 5) is 16.7. The van der Waals surface area contributed by atoms with Crippen molar-refractivity contribution >= 4 is 17.5 Å². The maximum absolute atomic E-state index is 12.3. The van der Waals surface area contributed by atoms with E-state index in [1.165, 1.54) is 6.26 Å². The van der Waals surface area contributed by atoms with Crippen molar-refractivity contribution in [3.8, 4) is 23.0 Å². The van der Waals surface area contributed by atoms with Crippen molar-refractivity contribution in [1.29, 1.82) is 0 Å². The SMILES string of the molecule is O=C(Cc1coc(-c2ccccc2)n1)NCc1cc(Cl)c2c(c1)OCCCO2. The molecule has 4 rings (SSSR count). The summed E-state index contributed by atoms with van der Waals surface area (Å²) >= 11 is 6.29. The fourth-order valence-corrected chi connectivity index (χ4v) is 3.20. The summed E-state index contributed by atoms with van der Waals surface area (Å²) in [6.45, 7) is 1.49. The number of fused-ring (bicyclic) bond motifs is 1. The standard InChI is InChI=1S/C21H19ClN2O4/c22-17-9-14(10-18-20(17)27-8-4-7-26-18)12-23-19(25)11-16-13-28-21(24-16)15-5-2-1-3-6-15/h1-3,5-6,9-10,13H,4,7-8,11-12H2,(H,23,25). The molecular formula is C21H19ClN2O4. The van der Waals surface area contributed by atoms with Gasteiger partial charge in [-0.25, -0.2) is 4.98 Å². The predicted molar refractivity (Wildman–Crippen MR) is 105 cm³/mol. The molecule has 6 nitrogen and oxygen atoms in total. The Hall–Kier alpha value is -2.99. The second kappa shape index (κ2) is 8.35. The van der Waals surface area contributed by atoms with Crippen molar-refractivity contribution in [2.75, 3.05) is 13.2 Å². The van der Waals surface area contributed by atoms with Gasteiger partial charge in [-0.3, -0.25) is 4.79 Å². The van der Waals surface area contributed by atoms with Crippen LogP contribution in [0, 0.1) is 0 Å². The number of hydrogen-bond donors (Lipinski definition) is 1. The van der Waals surface area contributed by atoms with Crippen LogP contribution in [0.1, 0.15) is 17.7 Å². The maximum atomic E-state index is 12.3. The van der Waals surface area contributed by atoms with Crippen LogP contribution in [-0.2, 0) is 17.8 Å². The fourth-order valence-electron chi connectivity index (χ4n) is 2.92. The normalized spacial score (nSPS) is 13.0. The molecule has 1 aliphatic heterocycles. The highest BCUT2D eigenvalue weighted by atomic mass is 35.5. The molecule has 7 heteroatoms. The molecule has 2 heterocycles. The molecule has 28 heavy (non-hydrogen) atoms. The van der Waals surface area contributed by atoms with E-state index in [1.54, 1.807) is 6.07 Å². The molecule has 0 fully saturated rings. The van der Waals surface area contributed by atoms with Crippen LogP contribution in [0.4, 0.5) is 0 Å². The highest BCUT2D eigenvalue weighted by Crippen LogP contribution is 2.37. The van der Waals surface area contributed by atoms with E-state index < -0.39 is 0 Å². The minimum absolute atomic E-state index is 0.134. The van der Waals surface area contributed by atoms with Gasteiger partial charge in [-0.15, -0.1) is 0 Å². The topological polar surface area (TPSA) is 73.6 Å². The van der Waals surface area contributed by atoms with Crippen LogP contribution in [0.5, 0.6) is 11.5 Å². The lowest BCUT2D eigenvalue weighted by Gasteiger charge is -2.12. The summed E-state index contributed by atoms with van der Waals surface area (Å²) in [6, 6.07) is 13.2. The van der Waals surface area contributed by atoms with Gasteiger partial charge in [-0.05, 0) is 29.8 Å². The molecular weight excluding hydrogens is 380 g/mol. The van der Waals surface area contributed by atoms with Crippen molar-refractivity contribution in [3.63, 3.8) is 0 Å². The van der Waals surface area contributed by atoms with E-state index in [9.17, 15) is 4.79 Å². The van der Waals surface area contributed by atoms with E-state index in [-0.39, 0.29) is 12.3 Å². The van der Waals surface area contributed by atoms with Gasteiger partial charge in [0.1, 0.15) is 6.26 Å². The van der Waals surface area contributed by atoms with Gasteiger partial charge in [0.05, 0.1) is 30.4 Å². The zero-order valence-electron chi connectivity index (χ0n) is 15.1. The van der Waals surface area contributed by atoms with Gasteiger partial charge in [0.15, 0.2) is 11.5 Å². The highest BCUT2D eigenvalue weighted by Gasteiger charge is 2.16. The third kappa shape index (κ3) is 4.28. The Morgan fingerprint density at radius 2 is 1.96 bits per heavy atom. The number of oxazole rings is 1. The van der Waals surface area contributed by atoms with Gasteiger partial charge in [-0.1, -0.05) is 29.8 Å². The largest absolute Gasteiger partial charge is 0.489 e. The van der Waals surface area contributed by atoms with E-state index in [1.807, 2.05) is 36.4 Å². The molecule has 2 aromatic carbocycles. The van der Waals surface area contributed by atoms with Gasteiger partial charge in [0, 0.05) is 18.5 Å². The number of nitrogens with one attached hydrogen (secondary N) is 1. The molecule has 0 unspecified atom stereocenters. The summed E-state index contributed by atoms with van der Waals surface area (Å²) < 4.78 is 16.8. The number of carbonyl (C=O) groups is 1. The van der Waals surface area contributed by atoms with Gasteiger partial charge < -0.3 is 19.2 Å². The number of amides is 1. The van der Waals surface area contributed by atoms with Crippen LogP contribution < -0.4 is 14.8 Å². The first-order valence-electron chi connectivity index (χ1n) is 9.03. The molecule has 0 bridgehead atoms. The van der Waals surface area contributed by atoms with Crippen molar-refractivity contribution in [2.24, 2.45) is 0 Å². The summed E-state index contributed by atoms with van der Waals surface area (Å²) in [7, 11) is 0. The van der Waals surface area contributed by atoms with Crippen LogP contribution >= 0.6 is 11.6 Å².